The van der Waals surface area contributed by atoms with Crippen LogP contribution < -0.4 is 14.4 Å². The molecule has 0 atom stereocenters. The van der Waals surface area contributed by atoms with Gasteiger partial charge in [-0.2, -0.15) is 0 Å². The molecule has 1 N–H and O–H groups in total. The standard InChI is InChI=1S/C25H27ClN4O5/c1-14-8-7-9-15(26)22(14)30(24(32)35-25(2,3)4)23-18-12-27-21(13-31)29(18)17-11-20(34-6)19(33-5)10-16(17)28-23/h7-12,31H,13H2,1-6H3. The highest BCUT2D eigenvalue weighted by Gasteiger charge is 2.31. The lowest BCUT2D eigenvalue weighted by atomic mass is 10.1. The Labute approximate surface area is 207 Å². The van der Waals surface area contributed by atoms with E-state index in [1.54, 1.807) is 55.6 Å². The molecule has 2 aromatic heterocycles. The minimum Gasteiger partial charge on any atom is -0.493 e. The van der Waals surface area contributed by atoms with Crippen LogP contribution in [-0.2, 0) is 11.3 Å². The van der Waals surface area contributed by atoms with Crippen molar-refractivity contribution in [3.8, 4) is 11.5 Å². The lowest BCUT2D eigenvalue weighted by Crippen LogP contribution is -2.35. The van der Waals surface area contributed by atoms with Gasteiger partial charge >= 0.3 is 6.09 Å². The van der Waals surface area contributed by atoms with Gasteiger partial charge in [0.2, 0.25) is 0 Å². The minimum absolute atomic E-state index is 0.238. The van der Waals surface area contributed by atoms with Crippen LogP contribution >= 0.6 is 11.6 Å². The molecule has 35 heavy (non-hydrogen) atoms. The number of imidazole rings is 1. The van der Waals surface area contributed by atoms with E-state index in [-0.39, 0.29) is 12.4 Å². The van der Waals surface area contributed by atoms with Crippen molar-refractivity contribution in [1.29, 1.82) is 0 Å². The Morgan fingerprint density at radius 2 is 1.83 bits per heavy atom. The lowest BCUT2D eigenvalue weighted by Gasteiger charge is -2.29. The van der Waals surface area contributed by atoms with Gasteiger partial charge in [0.15, 0.2) is 17.3 Å². The first-order valence-electron chi connectivity index (χ1n) is 10.9. The molecule has 0 aliphatic rings. The molecule has 2 heterocycles. The summed E-state index contributed by atoms with van der Waals surface area (Å²) in [5.41, 5.74) is 1.98. The summed E-state index contributed by atoms with van der Waals surface area (Å²) in [7, 11) is 3.06. The van der Waals surface area contributed by atoms with Crippen molar-refractivity contribution in [2.45, 2.75) is 39.9 Å². The molecule has 0 fully saturated rings. The fourth-order valence-electron chi connectivity index (χ4n) is 3.89. The number of ether oxygens (including phenoxy) is 3. The maximum atomic E-state index is 13.6. The van der Waals surface area contributed by atoms with Crippen molar-refractivity contribution in [2.24, 2.45) is 0 Å². The van der Waals surface area contributed by atoms with Gasteiger partial charge in [0.05, 0.1) is 42.2 Å². The fourth-order valence-corrected chi connectivity index (χ4v) is 4.19. The van der Waals surface area contributed by atoms with Gasteiger partial charge in [-0.3, -0.25) is 4.40 Å². The summed E-state index contributed by atoms with van der Waals surface area (Å²) in [5.74, 6) is 1.55. The summed E-state index contributed by atoms with van der Waals surface area (Å²) < 4.78 is 18.4. The number of benzene rings is 2. The van der Waals surface area contributed by atoms with Crippen molar-refractivity contribution >= 4 is 45.7 Å². The summed E-state index contributed by atoms with van der Waals surface area (Å²) in [6.07, 6.45) is 0.891. The van der Waals surface area contributed by atoms with E-state index in [0.29, 0.717) is 44.6 Å². The number of carbonyl (C=O) groups excluding carboxylic acids is 1. The lowest BCUT2D eigenvalue weighted by molar-refractivity contribution is 0.0598. The van der Waals surface area contributed by atoms with E-state index in [0.717, 1.165) is 5.56 Å². The highest BCUT2D eigenvalue weighted by Crippen LogP contribution is 2.40. The third kappa shape index (κ3) is 4.44. The molecule has 0 aliphatic heterocycles. The summed E-state index contributed by atoms with van der Waals surface area (Å²) in [6, 6.07) is 8.79. The molecule has 184 valence electrons. The van der Waals surface area contributed by atoms with Crippen LogP contribution in [0.25, 0.3) is 16.6 Å². The number of aliphatic hydroxyl groups excluding tert-OH is 1. The number of fused-ring (bicyclic) bond motifs is 3. The number of nitrogens with zero attached hydrogens (tertiary/aromatic N) is 4. The normalized spacial score (nSPS) is 11.7. The summed E-state index contributed by atoms with van der Waals surface area (Å²) in [4.78, 5) is 24.2. The molecule has 0 aliphatic carbocycles. The molecule has 1 amide bonds. The SMILES string of the molecule is COc1cc2nc(N(C(=O)OC(C)(C)C)c3c(C)cccc3Cl)c3cnc(CO)n3c2cc1OC. The molecule has 2 aromatic carbocycles. The molecule has 10 heteroatoms. The van der Waals surface area contributed by atoms with Crippen LogP contribution in [0.15, 0.2) is 36.5 Å². The predicted molar refractivity (Wildman–Crippen MR) is 134 cm³/mol. The number of aliphatic hydroxyl groups is 1. The average molecular weight is 499 g/mol. The molecule has 0 saturated carbocycles. The quantitative estimate of drug-likeness (QED) is 0.392. The Morgan fingerprint density at radius 1 is 1.14 bits per heavy atom. The second-order valence-electron chi connectivity index (χ2n) is 8.91. The second kappa shape index (κ2) is 9.24. The Balaban J connectivity index is 2.12. The van der Waals surface area contributed by atoms with Crippen molar-refractivity contribution in [1.82, 2.24) is 14.4 Å². The number of rotatable bonds is 5. The number of hydrogen-bond donors (Lipinski definition) is 1. The largest absolute Gasteiger partial charge is 0.493 e. The summed E-state index contributed by atoms with van der Waals surface area (Å²) in [5, 5.41) is 10.4. The monoisotopic (exact) mass is 498 g/mol. The van der Waals surface area contributed by atoms with Crippen LogP contribution in [0.3, 0.4) is 0 Å². The molecule has 4 aromatic rings. The number of aryl methyl sites for hydroxylation is 1. The van der Waals surface area contributed by atoms with Gasteiger partial charge in [-0.05, 0) is 39.3 Å². The minimum atomic E-state index is -0.773. The molecule has 0 bridgehead atoms. The van der Waals surface area contributed by atoms with E-state index in [4.69, 9.17) is 30.8 Å². The molecule has 4 rings (SSSR count). The summed E-state index contributed by atoms with van der Waals surface area (Å²) in [6.45, 7) is 6.86. The van der Waals surface area contributed by atoms with E-state index in [2.05, 4.69) is 4.98 Å². The number of hydrogen-bond acceptors (Lipinski definition) is 7. The molecule has 9 nitrogen and oxygen atoms in total. The highest BCUT2D eigenvalue weighted by atomic mass is 35.5. The van der Waals surface area contributed by atoms with Crippen LogP contribution in [0.5, 0.6) is 11.5 Å². The maximum absolute atomic E-state index is 13.6. The number of methoxy groups -OCH3 is 2. The molecule has 0 radical (unpaired) electrons. The average Bonchev–Trinajstić information content (AvgIpc) is 3.23. The van der Waals surface area contributed by atoms with Gasteiger partial charge in [-0.1, -0.05) is 23.7 Å². The zero-order chi connectivity index (χ0) is 25.5. The maximum Gasteiger partial charge on any atom is 0.420 e. The Bertz CT molecular complexity index is 1410. The Hall–Kier alpha value is -3.56. The van der Waals surface area contributed by atoms with E-state index in [9.17, 15) is 9.90 Å². The number of anilines is 2. The number of amides is 1. The predicted octanol–water partition coefficient (Wildman–Crippen LogP) is 5.43. The van der Waals surface area contributed by atoms with Crippen molar-refractivity contribution < 1.29 is 24.1 Å². The Morgan fingerprint density at radius 3 is 2.43 bits per heavy atom. The highest BCUT2D eigenvalue weighted by molar-refractivity contribution is 6.34. The smallest absolute Gasteiger partial charge is 0.420 e. The van der Waals surface area contributed by atoms with Crippen molar-refractivity contribution in [3.05, 3.63) is 52.9 Å². The second-order valence-corrected chi connectivity index (χ2v) is 9.31. The zero-order valence-corrected chi connectivity index (χ0v) is 21.2. The van der Waals surface area contributed by atoms with Crippen LogP contribution in [0, 0.1) is 6.92 Å². The molecular formula is C25H27ClN4O5. The molecular weight excluding hydrogens is 472 g/mol. The zero-order valence-electron chi connectivity index (χ0n) is 20.4. The van der Waals surface area contributed by atoms with Crippen LogP contribution in [0.1, 0.15) is 32.2 Å². The Kier molecular flexibility index (Phi) is 6.48. The van der Waals surface area contributed by atoms with Crippen LogP contribution in [0.2, 0.25) is 5.02 Å². The number of carbonyl (C=O) groups is 1. The fraction of sp³-hybridized carbons (Fsp3) is 0.320. The van der Waals surface area contributed by atoms with Crippen LogP contribution in [0.4, 0.5) is 16.3 Å². The number of para-hydroxylation sites is 1. The van der Waals surface area contributed by atoms with E-state index in [1.165, 1.54) is 19.1 Å². The van der Waals surface area contributed by atoms with Crippen LogP contribution in [-0.4, -0.2) is 45.4 Å². The van der Waals surface area contributed by atoms with E-state index in [1.807, 2.05) is 13.0 Å². The summed E-state index contributed by atoms with van der Waals surface area (Å²) >= 11 is 6.60. The van der Waals surface area contributed by atoms with Gasteiger partial charge in [-0.15, -0.1) is 0 Å². The van der Waals surface area contributed by atoms with Gasteiger partial charge in [0.25, 0.3) is 0 Å². The topological polar surface area (TPSA) is 98.4 Å². The van der Waals surface area contributed by atoms with Gasteiger partial charge in [0, 0.05) is 12.1 Å². The molecule has 0 unspecified atom stereocenters. The first-order valence-corrected chi connectivity index (χ1v) is 11.3. The van der Waals surface area contributed by atoms with Crippen molar-refractivity contribution in [2.75, 3.05) is 19.1 Å². The third-order valence-electron chi connectivity index (χ3n) is 5.35. The van der Waals surface area contributed by atoms with Gasteiger partial charge in [0.1, 0.15) is 23.5 Å². The molecule has 0 spiro atoms. The van der Waals surface area contributed by atoms with Gasteiger partial charge in [-0.25, -0.2) is 19.7 Å². The van der Waals surface area contributed by atoms with E-state index >= 15 is 0 Å². The molecule has 0 saturated heterocycles. The third-order valence-corrected chi connectivity index (χ3v) is 5.66. The first kappa shape index (κ1) is 24.6. The number of aromatic nitrogens is 3. The van der Waals surface area contributed by atoms with Gasteiger partial charge < -0.3 is 19.3 Å². The van der Waals surface area contributed by atoms with Crippen molar-refractivity contribution in [3.63, 3.8) is 0 Å². The number of halogens is 1. The first-order chi connectivity index (χ1) is 16.6. The van der Waals surface area contributed by atoms with E-state index < -0.39 is 11.7 Å².